The molecule has 0 aliphatic heterocycles. The molecule has 0 fully saturated rings. The van der Waals surface area contributed by atoms with Crippen molar-refractivity contribution in [1.29, 1.82) is 0 Å². The van der Waals surface area contributed by atoms with E-state index in [-0.39, 0.29) is 0 Å². The predicted molar refractivity (Wildman–Crippen MR) is 60.0 cm³/mol. The fourth-order valence-electron chi connectivity index (χ4n) is 1.41. The quantitative estimate of drug-likeness (QED) is 0.825. The smallest absolute Gasteiger partial charge is 0.234 e. The first kappa shape index (κ1) is 10.5. The molecule has 2 aromatic rings. The maximum Gasteiger partial charge on any atom is 0.234 e. The standard InChI is InChI=1S/C9H15N5S/c1-2-3-4-7-11-12-9-14(7)13-8(15-9)5-6-10/h2-6,10H2,1H3. The molecule has 0 bridgehead atoms. The van der Waals surface area contributed by atoms with Gasteiger partial charge in [0.15, 0.2) is 5.82 Å². The van der Waals surface area contributed by atoms with E-state index in [2.05, 4.69) is 22.2 Å². The molecule has 0 amide bonds. The Hall–Kier alpha value is -1.01. The first-order valence-corrected chi connectivity index (χ1v) is 6.07. The van der Waals surface area contributed by atoms with E-state index in [4.69, 9.17) is 5.73 Å². The molecule has 0 radical (unpaired) electrons. The van der Waals surface area contributed by atoms with Crippen molar-refractivity contribution in [2.45, 2.75) is 32.6 Å². The van der Waals surface area contributed by atoms with Gasteiger partial charge in [-0.15, -0.1) is 10.2 Å². The molecule has 0 aliphatic rings. The number of unbranched alkanes of at least 4 members (excludes halogenated alkanes) is 1. The summed E-state index contributed by atoms with van der Waals surface area (Å²) in [5, 5.41) is 13.7. The molecule has 0 spiro atoms. The Morgan fingerprint density at radius 1 is 1.33 bits per heavy atom. The summed E-state index contributed by atoms with van der Waals surface area (Å²) in [6.07, 6.45) is 4.06. The average molecular weight is 225 g/mol. The van der Waals surface area contributed by atoms with Gasteiger partial charge in [-0.3, -0.25) is 0 Å². The molecule has 0 unspecified atom stereocenters. The van der Waals surface area contributed by atoms with Crippen LogP contribution in [0.2, 0.25) is 0 Å². The van der Waals surface area contributed by atoms with E-state index in [0.717, 1.165) is 41.5 Å². The zero-order valence-corrected chi connectivity index (χ0v) is 9.63. The van der Waals surface area contributed by atoms with Crippen LogP contribution >= 0.6 is 11.3 Å². The van der Waals surface area contributed by atoms with E-state index >= 15 is 0 Å². The van der Waals surface area contributed by atoms with Gasteiger partial charge in [-0.1, -0.05) is 24.7 Å². The van der Waals surface area contributed by atoms with Gasteiger partial charge in [-0.2, -0.15) is 9.61 Å². The highest BCUT2D eigenvalue weighted by Crippen LogP contribution is 2.15. The van der Waals surface area contributed by atoms with Crippen LogP contribution in [0.25, 0.3) is 4.96 Å². The highest BCUT2D eigenvalue weighted by molar-refractivity contribution is 7.16. The average Bonchev–Trinajstić information content (AvgIpc) is 2.76. The number of aromatic nitrogens is 4. The highest BCUT2D eigenvalue weighted by atomic mass is 32.1. The first-order chi connectivity index (χ1) is 7.35. The molecule has 82 valence electrons. The fraction of sp³-hybridized carbons (Fsp3) is 0.667. The molecule has 2 N–H and O–H groups in total. The van der Waals surface area contributed by atoms with E-state index in [1.807, 2.05) is 4.52 Å². The third kappa shape index (κ3) is 2.15. The Balaban J connectivity index is 2.23. The summed E-state index contributed by atoms with van der Waals surface area (Å²) in [5.41, 5.74) is 5.49. The lowest BCUT2D eigenvalue weighted by Gasteiger charge is -1.93. The van der Waals surface area contributed by atoms with Crippen LogP contribution < -0.4 is 5.73 Å². The summed E-state index contributed by atoms with van der Waals surface area (Å²) < 4.78 is 1.85. The summed E-state index contributed by atoms with van der Waals surface area (Å²) in [6.45, 7) is 2.80. The number of aryl methyl sites for hydroxylation is 1. The fourth-order valence-corrected chi connectivity index (χ4v) is 2.28. The minimum Gasteiger partial charge on any atom is -0.330 e. The lowest BCUT2D eigenvalue weighted by atomic mass is 10.2. The summed E-state index contributed by atoms with van der Waals surface area (Å²) >= 11 is 1.57. The van der Waals surface area contributed by atoms with E-state index in [1.54, 1.807) is 11.3 Å². The third-order valence-electron chi connectivity index (χ3n) is 2.21. The van der Waals surface area contributed by atoms with Crippen LogP contribution in [0.5, 0.6) is 0 Å². The predicted octanol–water partition coefficient (Wildman–Crippen LogP) is 1.03. The van der Waals surface area contributed by atoms with Gasteiger partial charge in [0.05, 0.1) is 0 Å². The Kier molecular flexibility index (Phi) is 3.27. The number of hydrogen-bond donors (Lipinski definition) is 1. The number of nitrogens with two attached hydrogens (primary N) is 1. The van der Waals surface area contributed by atoms with Crippen molar-refractivity contribution in [2.75, 3.05) is 6.54 Å². The molecule has 0 saturated carbocycles. The van der Waals surface area contributed by atoms with Crippen molar-refractivity contribution in [3.8, 4) is 0 Å². The molecule has 6 heteroatoms. The maximum absolute atomic E-state index is 5.49. The zero-order valence-electron chi connectivity index (χ0n) is 8.81. The second kappa shape index (κ2) is 4.67. The van der Waals surface area contributed by atoms with Gasteiger partial charge in [-0.25, -0.2) is 0 Å². The normalized spacial score (nSPS) is 11.3. The second-order valence-electron chi connectivity index (χ2n) is 3.45. The van der Waals surface area contributed by atoms with E-state index in [1.165, 1.54) is 0 Å². The molecule has 2 aromatic heterocycles. The Morgan fingerprint density at radius 2 is 2.20 bits per heavy atom. The van der Waals surface area contributed by atoms with Crippen molar-refractivity contribution in [3.05, 3.63) is 10.8 Å². The van der Waals surface area contributed by atoms with Crippen LogP contribution in [0.15, 0.2) is 0 Å². The van der Waals surface area contributed by atoms with E-state index < -0.39 is 0 Å². The minimum atomic E-state index is 0.633. The van der Waals surface area contributed by atoms with Gasteiger partial charge < -0.3 is 5.73 Å². The second-order valence-corrected chi connectivity index (χ2v) is 4.49. The summed E-state index contributed by atoms with van der Waals surface area (Å²) in [6, 6.07) is 0. The number of hydrogen-bond acceptors (Lipinski definition) is 5. The van der Waals surface area contributed by atoms with Crippen LogP contribution in [-0.2, 0) is 12.8 Å². The van der Waals surface area contributed by atoms with Crippen LogP contribution in [0.1, 0.15) is 30.6 Å². The molecular formula is C9H15N5S. The first-order valence-electron chi connectivity index (χ1n) is 5.25. The summed E-state index contributed by atoms with van der Waals surface area (Å²) in [4.78, 5) is 0.879. The molecular weight excluding hydrogens is 210 g/mol. The molecule has 0 saturated heterocycles. The summed E-state index contributed by atoms with van der Waals surface area (Å²) in [7, 11) is 0. The van der Waals surface area contributed by atoms with Gasteiger partial charge in [0.2, 0.25) is 4.96 Å². The van der Waals surface area contributed by atoms with Crippen molar-refractivity contribution in [3.63, 3.8) is 0 Å². The lowest BCUT2D eigenvalue weighted by molar-refractivity contribution is 0.715. The van der Waals surface area contributed by atoms with Gasteiger partial charge in [0.1, 0.15) is 5.01 Å². The SMILES string of the molecule is CCCCc1nnc2sc(CCN)nn12. The monoisotopic (exact) mass is 225 g/mol. The Bertz CT molecular complexity index is 433. The van der Waals surface area contributed by atoms with Crippen LogP contribution in [-0.4, -0.2) is 26.4 Å². The third-order valence-corrected chi connectivity index (χ3v) is 3.17. The Labute approximate surface area is 92.3 Å². The molecule has 0 atom stereocenters. The molecule has 2 heterocycles. The summed E-state index contributed by atoms with van der Waals surface area (Å²) in [5.74, 6) is 0.964. The lowest BCUT2D eigenvalue weighted by Crippen LogP contribution is -2.03. The van der Waals surface area contributed by atoms with Gasteiger partial charge in [-0.05, 0) is 13.0 Å². The molecule has 0 aliphatic carbocycles. The maximum atomic E-state index is 5.49. The topological polar surface area (TPSA) is 69.1 Å². The van der Waals surface area contributed by atoms with Gasteiger partial charge >= 0.3 is 0 Å². The van der Waals surface area contributed by atoms with Crippen LogP contribution in [0.3, 0.4) is 0 Å². The Morgan fingerprint density at radius 3 is 2.93 bits per heavy atom. The number of nitrogens with zero attached hydrogens (tertiary/aromatic N) is 4. The van der Waals surface area contributed by atoms with Crippen molar-refractivity contribution >= 4 is 16.3 Å². The molecule has 2 rings (SSSR count). The largest absolute Gasteiger partial charge is 0.330 e. The number of rotatable bonds is 5. The van der Waals surface area contributed by atoms with Crippen molar-refractivity contribution in [1.82, 2.24) is 19.8 Å². The number of fused-ring (bicyclic) bond motifs is 1. The van der Waals surface area contributed by atoms with Gasteiger partial charge in [0, 0.05) is 12.8 Å². The van der Waals surface area contributed by atoms with E-state index in [0.29, 0.717) is 6.54 Å². The molecule has 0 aromatic carbocycles. The zero-order chi connectivity index (χ0) is 10.7. The van der Waals surface area contributed by atoms with E-state index in [9.17, 15) is 0 Å². The van der Waals surface area contributed by atoms with Gasteiger partial charge in [0.25, 0.3) is 0 Å². The van der Waals surface area contributed by atoms with Crippen molar-refractivity contribution in [2.24, 2.45) is 5.73 Å². The molecule has 15 heavy (non-hydrogen) atoms. The molecule has 5 nitrogen and oxygen atoms in total. The minimum absolute atomic E-state index is 0.633. The van der Waals surface area contributed by atoms with Crippen molar-refractivity contribution < 1.29 is 0 Å². The highest BCUT2D eigenvalue weighted by Gasteiger charge is 2.10. The van der Waals surface area contributed by atoms with Crippen LogP contribution in [0, 0.1) is 0 Å². The van der Waals surface area contributed by atoms with Crippen LogP contribution in [0.4, 0.5) is 0 Å².